The normalized spacial score (nSPS) is 9.69. The van der Waals surface area contributed by atoms with Gasteiger partial charge in [-0.15, -0.1) is 0 Å². The third kappa shape index (κ3) is 2.59. The van der Waals surface area contributed by atoms with Gasteiger partial charge in [-0.2, -0.15) is 0 Å². The molecule has 0 fully saturated rings. The highest BCUT2D eigenvalue weighted by atomic mass is 16.2. The Bertz CT molecular complexity index is 312. The van der Waals surface area contributed by atoms with Gasteiger partial charge in [-0.1, -0.05) is 24.3 Å². The minimum atomic E-state index is -0.297. The minimum Gasteiger partial charge on any atom is -0.340 e. The summed E-state index contributed by atoms with van der Waals surface area (Å²) in [5.74, 6) is 4.80. The molecule has 0 aliphatic heterocycles. The number of nitrogens with zero attached hydrogens (tertiary/aromatic N) is 1. The molecule has 13 heavy (non-hydrogen) atoms. The van der Waals surface area contributed by atoms with E-state index in [1.54, 1.807) is 0 Å². The molecule has 0 saturated heterocycles. The first-order valence-electron chi connectivity index (χ1n) is 3.98. The molecule has 1 aromatic carbocycles. The van der Waals surface area contributed by atoms with Crippen molar-refractivity contribution < 1.29 is 4.79 Å². The summed E-state index contributed by atoms with van der Waals surface area (Å²) in [7, 11) is 5.10. The standard InChI is InChI=1S/C9H11BN2O/c1-7-4-2-3-5-8(7)6-9(13)12(10)11/h2-5H,6,11H2,1H3. The van der Waals surface area contributed by atoms with E-state index in [4.69, 9.17) is 13.8 Å². The van der Waals surface area contributed by atoms with Crippen molar-refractivity contribution in [3.63, 3.8) is 0 Å². The number of benzene rings is 1. The van der Waals surface area contributed by atoms with Crippen LogP contribution in [0.3, 0.4) is 0 Å². The zero-order valence-electron chi connectivity index (χ0n) is 7.53. The summed E-state index contributed by atoms with van der Waals surface area (Å²) >= 11 is 0. The van der Waals surface area contributed by atoms with Gasteiger partial charge in [-0.25, -0.2) is 0 Å². The van der Waals surface area contributed by atoms with E-state index in [-0.39, 0.29) is 12.3 Å². The number of hydrazine groups is 1. The molecule has 2 N–H and O–H groups in total. The molecule has 0 spiro atoms. The molecule has 0 aliphatic carbocycles. The molecule has 0 bridgehead atoms. The van der Waals surface area contributed by atoms with Crippen molar-refractivity contribution in [2.75, 3.05) is 0 Å². The molecular formula is C9H11BN2O. The van der Waals surface area contributed by atoms with Crippen LogP contribution in [0.1, 0.15) is 11.1 Å². The molecule has 0 atom stereocenters. The lowest BCUT2D eigenvalue weighted by Crippen LogP contribution is -2.35. The van der Waals surface area contributed by atoms with Gasteiger partial charge < -0.3 is 4.92 Å². The number of rotatable bonds is 2. The highest BCUT2D eigenvalue weighted by Gasteiger charge is 2.06. The molecule has 0 aromatic heterocycles. The lowest BCUT2D eigenvalue weighted by Gasteiger charge is -2.11. The van der Waals surface area contributed by atoms with Gasteiger partial charge >= 0.3 is 0 Å². The van der Waals surface area contributed by atoms with E-state index in [1.165, 1.54) is 0 Å². The predicted octanol–water partition coefficient (Wildman–Crippen LogP) is 0.323. The van der Waals surface area contributed by atoms with Gasteiger partial charge in [0.05, 0.1) is 6.42 Å². The van der Waals surface area contributed by atoms with E-state index < -0.39 is 0 Å². The third-order valence-electron chi connectivity index (χ3n) is 1.89. The number of carbonyl (C=O) groups is 1. The molecular weight excluding hydrogens is 163 g/mol. The van der Waals surface area contributed by atoms with Gasteiger partial charge in [0.1, 0.15) is 0 Å². The van der Waals surface area contributed by atoms with Gasteiger partial charge in [0.2, 0.25) is 5.91 Å². The molecule has 1 amide bonds. The summed E-state index contributed by atoms with van der Waals surface area (Å²) < 4.78 is 0. The van der Waals surface area contributed by atoms with Gasteiger partial charge in [-0.05, 0) is 18.1 Å². The Morgan fingerprint density at radius 1 is 1.54 bits per heavy atom. The summed E-state index contributed by atoms with van der Waals surface area (Å²) in [6.45, 7) is 1.94. The number of aryl methyl sites for hydroxylation is 1. The Morgan fingerprint density at radius 2 is 2.15 bits per heavy atom. The van der Waals surface area contributed by atoms with Crippen LogP contribution in [0.4, 0.5) is 0 Å². The fourth-order valence-corrected chi connectivity index (χ4v) is 1.06. The molecule has 0 aliphatic rings. The first-order valence-corrected chi connectivity index (χ1v) is 3.98. The van der Waals surface area contributed by atoms with Crippen LogP contribution in [0.15, 0.2) is 24.3 Å². The molecule has 0 unspecified atom stereocenters. The maximum Gasteiger partial charge on any atom is 0.257 e. The van der Waals surface area contributed by atoms with E-state index in [0.29, 0.717) is 4.92 Å². The maximum atomic E-state index is 11.1. The van der Waals surface area contributed by atoms with Crippen molar-refractivity contribution in [2.45, 2.75) is 13.3 Å². The van der Waals surface area contributed by atoms with Crippen molar-refractivity contribution in [2.24, 2.45) is 5.84 Å². The average Bonchev–Trinajstić information content (AvgIpc) is 2.08. The topological polar surface area (TPSA) is 46.3 Å². The highest BCUT2D eigenvalue weighted by Crippen LogP contribution is 2.07. The van der Waals surface area contributed by atoms with Gasteiger partial charge in [-0.3, -0.25) is 10.6 Å². The van der Waals surface area contributed by atoms with Crippen LogP contribution >= 0.6 is 0 Å². The lowest BCUT2D eigenvalue weighted by molar-refractivity contribution is -0.126. The first-order chi connectivity index (χ1) is 6.11. The molecule has 0 saturated carbocycles. The zero-order valence-corrected chi connectivity index (χ0v) is 7.53. The number of hydrogen-bond donors (Lipinski definition) is 1. The Hall–Kier alpha value is -1.29. The molecule has 0 heterocycles. The minimum absolute atomic E-state index is 0.250. The van der Waals surface area contributed by atoms with Crippen LogP contribution in [-0.2, 0) is 11.2 Å². The highest BCUT2D eigenvalue weighted by molar-refractivity contribution is 6.13. The summed E-state index contributed by atoms with van der Waals surface area (Å²) in [5.41, 5.74) is 2.02. The molecule has 4 heteroatoms. The van der Waals surface area contributed by atoms with Crippen molar-refractivity contribution >= 4 is 13.9 Å². The number of amides is 1. The average molecular weight is 174 g/mol. The second-order valence-corrected chi connectivity index (χ2v) is 2.90. The van der Waals surface area contributed by atoms with E-state index >= 15 is 0 Å². The van der Waals surface area contributed by atoms with E-state index in [1.807, 2.05) is 31.2 Å². The molecule has 1 rings (SSSR count). The number of nitrogens with two attached hydrogens (primary N) is 1. The van der Waals surface area contributed by atoms with Crippen molar-refractivity contribution in [1.82, 2.24) is 4.92 Å². The van der Waals surface area contributed by atoms with Crippen LogP contribution in [0.2, 0.25) is 0 Å². The smallest absolute Gasteiger partial charge is 0.257 e. The molecule has 3 nitrogen and oxygen atoms in total. The summed E-state index contributed by atoms with van der Waals surface area (Å²) in [4.78, 5) is 11.8. The van der Waals surface area contributed by atoms with Crippen LogP contribution in [0.5, 0.6) is 0 Å². The van der Waals surface area contributed by atoms with Gasteiger partial charge in [0.25, 0.3) is 7.98 Å². The molecule has 1 aromatic rings. The number of hydrogen-bond acceptors (Lipinski definition) is 2. The van der Waals surface area contributed by atoms with E-state index in [0.717, 1.165) is 11.1 Å². The summed E-state index contributed by atoms with van der Waals surface area (Å²) in [5, 5.41) is 0. The van der Waals surface area contributed by atoms with Crippen LogP contribution in [0.25, 0.3) is 0 Å². The number of carbonyl (C=O) groups excluding carboxylic acids is 1. The lowest BCUT2D eigenvalue weighted by atomic mass is 10.1. The quantitative estimate of drug-likeness (QED) is 0.304. The van der Waals surface area contributed by atoms with Crippen LogP contribution in [-0.4, -0.2) is 18.8 Å². The van der Waals surface area contributed by atoms with Crippen LogP contribution < -0.4 is 5.84 Å². The van der Waals surface area contributed by atoms with Gasteiger partial charge in [0.15, 0.2) is 0 Å². The predicted molar refractivity (Wildman–Crippen MR) is 51.7 cm³/mol. The third-order valence-corrected chi connectivity index (χ3v) is 1.89. The molecule has 66 valence electrons. The van der Waals surface area contributed by atoms with Crippen molar-refractivity contribution in [3.05, 3.63) is 35.4 Å². The Balaban J connectivity index is 2.75. The SMILES string of the molecule is [B]N(N)C(=O)Cc1ccccc1C. The fraction of sp³-hybridized carbons (Fsp3) is 0.222. The van der Waals surface area contributed by atoms with E-state index in [2.05, 4.69) is 0 Å². The first kappa shape index (κ1) is 9.80. The van der Waals surface area contributed by atoms with Crippen LogP contribution in [0, 0.1) is 6.92 Å². The summed E-state index contributed by atoms with van der Waals surface area (Å²) in [6.07, 6.45) is 0.250. The zero-order chi connectivity index (χ0) is 9.84. The fourth-order valence-electron chi connectivity index (χ4n) is 1.06. The van der Waals surface area contributed by atoms with Crippen molar-refractivity contribution in [3.8, 4) is 0 Å². The second kappa shape index (κ2) is 4.09. The van der Waals surface area contributed by atoms with E-state index in [9.17, 15) is 4.79 Å². The Kier molecular flexibility index (Phi) is 3.09. The Labute approximate surface area is 78.9 Å². The maximum absolute atomic E-state index is 11.1. The van der Waals surface area contributed by atoms with Crippen molar-refractivity contribution in [1.29, 1.82) is 0 Å². The monoisotopic (exact) mass is 174 g/mol. The second-order valence-electron chi connectivity index (χ2n) is 2.90. The Morgan fingerprint density at radius 3 is 2.69 bits per heavy atom. The summed E-state index contributed by atoms with van der Waals surface area (Å²) in [6, 6.07) is 7.63. The molecule has 2 radical (unpaired) electrons. The largest absolute Gasteiger partial charge is 0.340 e. The van der Waals surface area contributed by atoms with Gasteiger partial charge in [0, 0.05) is 0 Å².